The molecule has 0 radical (unpaired) electrons. The normalized spacial score (nSPS) is 13.0. The van der Waals surface area contributed by atoms with E-state index in [1.54, 1.807) is 144 Å². The highest BCUT2D eigenvalue weighted by atomic mass is 16.6. The Balaban J connectivity index is 6.62. The van der Waals surface area contributed by atoms with Gasteiger partial charge in [-0.05, 0) is 201 Å². The van der Waals surface area contributed by atoms with E-state index in [1.165, 1.54) is 12.8 Å². The third-order valence-electron chi connectivity index (χ3n) is 19.0. The molecule has 34 heteroatoms. The molecule has 0 fully saturated rings. The number of carbonyl (C=O) groups is 14. The van der Waals surface area contributed by atoms with Crippen LogP contribution in [0.4, 0.5) is 28.8 Å². The van der Waals surface area contributed by atoms with Crippen LogP contribution in [0.5, 0.6) is 0 Å². The summed E-state index contributed by atoms with van der Waals surface area (Å²) in [6.45, 7) is 41.9. The van der Waals surface area contributed by atoms with Gasteiger partial charge in [-0.25, -0.2) is 28.8 Å². The Morgan fingerprint density at radius 1 is 0.299 bits per heavy atom. The lowest BCUT2D eigenvalue weighted by atomic mass is 9.98. The average Bonchev–Trinajstić information content (AvgIpc) is 0.815. The van der Waals surface area contributed by atoms with Crippen LogP contribution in [0, 0.1) is 5.92 Å². The van der Waals surface area contributed by atoms with Crippen molar-refractivity contribution in [3.05, 3.63) is 0 Å². The Morgan fingerprint density at radius 2 is 0.614 bits per heavy atom. The molecule has 0 bridgehead atoms. The van der Waals surface area contributed by atoms with Gasteiger partial charge in [-0.1, -0.05) is 122 Å². The van der Waals surface area contributed by atoms with Gasteiger partial charge >= 0.3 is 66.4 Å². The van der Waals surface area contributed by atoms with E-state index in [9.17, 15) is 67.1 Å². The predicted octanol–water partition coefficient (Wildman–Crippen LogP) is 16.3. The number of alkyl carbamates (subject to hydrolysis) is 2. The van der Waals surface area contributed by atoms with Gasteiger partial charge < -0.3 is 98.3 Å². The molecule has 0 spiro atoms. The fraction of sp³-hybridized carbons (Fsp3) is 0.849. The fourth-order valence-electron chi connectivity index (χ4n) is 13.4. The molecule has 0 aromatic heterocycles. The molecule has 0 aliphatic rings. The maximum absolute atomic E-state index is 14.5. The minimum Gasteiger partial charge on any atom is -0.462 e. The van der Waals surface area contributed by atoms with Crippen LogP contribution in [0.2, 0.25) is 0 Å². The maximum Gasteiger partial charge on any atom is 0.410 e. The van der Waals surface area contributed by atoms with Gasteiger partial charge in [0.25, 0.3) is 5.91 Å². The zero-order chi connectivity index (χ0) is 96.6. The summed E-state index contributed by atoms with van der Waals surface area (Å²) in [5.41, 5.74) is -4.67. The number of carbonyl (C=O) groups excluding carboxylic acids is 14. The number of hydrogen-bond acceptors (Lipinski definition) is 25. The number of hydrogen-bond donors (Lipinski definition) is 5. The molecule has 34 nitrogen and oxygen atoms in total. The molecule has 0 saturated carbocycles. The van der Waals surface area contributed by atoms with Crippen LogP contribution < -0.4 is 26.6 Å². The number of ether oxygens (including phenoxy) is 11. The van der Waals surface area contributed by atoms with E-state index >= 15 is 0 Å². The van der Waals surface area contributed by atoms with Crippen molar-refractivity contribution in [3.63, 3.8) is 0 Å². The summed E-state index contributed by atoms with van der Waals surface area (Å²) in [5, 5.41) is 14.4. The molecule has 0 aliphatic carbocycles. The topological polar surface area (TPSA) is 414 Å². The van der Waals surface area contributed by atoms with Crippen molar-refractivity contribution in [1.29, 1.82) is 0 Å². The lowest BCUT2D eigenvalue weighted by molar-refractivity contribution is -0.203. The number of nitrogens with one attached hydrogen (secondary N) is 5. The quantitative estimate of drug-likeness (QED) is 0.0214. The van der Waals surface area contributed by atoms with E-state index in [0.717, 1.165) is 131 Å². The summed E-state index contributed by atoms with van der Waals surface area (Å²) < 4.78 is 61.0. The zero-order valence-electron chi connectivity index (χ0n) is 82.4. The number of nitrogens with zero attached hydrogens (tertiary/aromatic N) is 4. The second-order valence-corrected chi connectivity index (χ2v) is 38.9. The van der Waals surface area contributed by atoms with Crippen molar-refractivity contribution in [2.75, 3.05) is 85.1 Å². The molecular formula is C93H169N9O25. The van der Waals surface area contributed by atoms with Crippen molar-refractivity contribution < 1.29 is 119 Å². The standard InChI is InChI=1S/C93H169N9O25/c1-25-26-27-28-29-33-36-42-53-74(98-76(108)54-43-37-34-31-30-32-35-39-44-56-95-81(110)79(121-72(6)107)78(120-71(5)106)77(119-70(4)105)75(118-69(3)104)67-117-68(2)103)80(109)94-55-45-40-38-41-52-73(65-101(86(115)126-92(19,20)21)61-48-46-59-99(84(113)124-90(13,14)15)63-50-57-96-82(111)122-88(7,8)9)66-102(87(116)127-93(22,23)24)62-49-47-60-100(85(114)125-91(16,17)18)64-51-58-97-83(112)123-89(10,11)12/h73-75,77-79H,25-67H2,1-24H3,(H,94,109)(H,95,110)(H,96,111)(H,97,112)(H,98,108)/t74?,75-,77+,78+,79+/m1/s1. The second kappa shape index (κ2) is 63.4. The largest absolute Gasteiger partial charge is 0.462 e. The first-order valence-electron chi connectivity index (χ1n) is 46.6. The Hall–Kier alpha value is -8.62. The first-order valence-corrected chi connectivity index (χ1v) is 46.6. The average molecular weight is 1810 g/mol. The molecule has 1 unspecified atom stereocenters. The van der Waals surface area contributed by atoms with Crippen molar-refractivity contribution in [2.24, 2.45) is 5.92 Å². The molecule has 0 heterocycles. The van der Waals surface area contributed by atoms with E-state index in [-0.39, 0.29) is 96.1 Å². The molecule has 0 aromatic rings. The van der Waals surface area contributed by atoms with Gasteiger partial charge in [0, 0.05) is 120 Å². The number of rotatable bonds is 62. The van der Waals surface area contributed by atoms with E-state index in [4.69, 9.17) is 52.1 Å². The second-order valence-electron chi connectivity index (χ2n) is 38.9. The van der Waals surface area contributed by atoms with Crippen LogP contribution in [-0.4, -0.2) is 253 Å². The summed E-state index contributed by atoms with van der Waals surface area (Å²) in [5.74, 6) is -6.08. The minimum atomic E-state index is -1.87. The summed E-state index contributed by atoms with van der Waals surface area (Å²) in [7, 11) is 0. The molecule has 736 valence electrons. The molecule has 5 atom stereocenters. The number of esters is 5. The SMILES string of the molecule is CCCCCCCCCCC(NC(=O)CCCCCCCCCCCNC(=O)[C@@H](OC(C)=O)[C@@H](OC(C)=O)[C@@H](OC(C)=O)[C@@H](COC(C)=O)OC(C)=O)C(=O)NCCCCCCC(CN(CCCCN(CCCNC(=O)OC(C)(C)C)C(=O)OC(C)(C)C)C(=O)OC(C)(C)C)CN(CCCCN(CCCNC(=O)OC(C)(C)C)C(=O)OC(C)(C)C)C(=O)OC(C)(C)C. The lowest BCUT2D eigenvalue weighted by Gasteiger charge is -2.34. The van der Waals surface area contributed by atoms with Crippen molar-refractivity contribution in [2.45, 2.75) is 423 Å². The first kappa shape index (κ1) is 118. The Morgan fingerprint density at radius 3 is 0.984 bits per heavy atom. The Kier molecular flexibility index (Phi) is 59.1. The maximum atomic E-state index is 14.5. The summed E-state index contributed by atoms with van der Waals surface area (Å²) in [6, 6.07) is -0.700. The minimum absolute atomic E-state index is 0.142. The highest BCUT2D eigenvalue weighted by Crippen LogP contribution is 2.26. The monoisotopic (exact) mass is 1810 g/mol. The van der Waals surface area contributed by atoms with Crippen LogP contribution in [-0.2, 0) is 90.5 Å². The third-order valence-corrected chi connectivity index (χ3v) is 19.0. The van der Waals surface area contributed by atoms with Gasteiger partial charge in [-0.15, -0.1) is 0 Å². The van der Waals surface area contributed by atoms with Crippen LogP contribution in [0.1, 0.15) is 359 Å². The predicted molar refractivity (Wildman–Crippen MR) is 484 cm³/mol. The van der Waals surface area contributed by atoms with Gasteiger partial charge in [0.2, 0.25) is 17.9 Å². The van der Waals surface area contributed by atoms with Crippen molar-refractivity contribution in [3.8, 4) is 0 Å². The van der Waals surface area contributed by atoms with E-state index in [2.05, 4.69) is 33.5 Å². The third kappa shape index (κ3) is 66.4. The summed E-state index contributed by atoms with van der Waals surface area (Å²) in [6.07, 6.45) is 12.4. The molecule has 0 saturated heterocycles. The first-order chi connectivity index (χ1) is 59.1. The van der Waals surface area contributed by atoms with Gasteiger partial charge in [0.1, 0.15) is 46.3 Å². The Labute approximate surface area is 760 Å². The highest BCUT2D eigenvalue weighted by Gasteiger charge is 2.47. The lowest BCUT2D eigenvalue weighted by Crippen LogP contribution is -2.57. The molecule has 9 amide bonds. The van der Waals surface area contributed by atoms with Crippen LogP contribution in [0.3, 0.4) is 0 Å². The molecule has 0 aliphatic heterocycles. The number of amides is 9. The highest BCUT2D eigenvalue weighted by molar-refractivity contribution is 5.88. The molecule has 5 N–H and O–H groups in total. The van der Waals surface area contributed by atoms with Crippen molar-refractivity contribution in [1.82, 2.24) is 46.2 Å². The Bertz CT molecular complexity index is 3130. The summed E-state index contributed by atoms with van der Waals surface area (Å²) in [4.78, 5) is 190. The van der Waals surface area contributed by atoms with Crippen LogP contribution in [0.25, 0.3) is 0 Å². The van der Waals surface area contributed by atoms with Crippen LogP contribution in [0.15, 0.2) is 0 Å². The molecular weight excluding hydrogens is 1640 g/mol. The zero-order valence-corrected chi connectivity index (χ0v) is 82.4. The summed E-state index contributed by atoms with van der Waals surface area (Å²) >= 11 is 0. The number of unbranched alkanes of at least 4 members (excludes halogenated alkanes) is 20. The van der Waals surface area contributed by atoms with Gasteiger partial charge in [-0.2, -0.15) is 0 Å². The fourth-order valence-corrected chi connectivity index (χ4v) is 13.4. The van der Waals surface area contributed by atoms with E-state index in [1.807, 2.05) is 0 Å². The molecule has 0 aromatic carbocycles. The van der Waals surface area contributed by atoms with Gasteiger partial charge in [-0.3, -0.25) is 38.4 Å². The smallest absolute Gasteiger partial charge is 0.410 e. The van der Waals surface area contributed by atoms with Crippen molar-refractivity contribution >= 4 is 84.1 Å². The van der Waals surface area contributed by atoms with E-state index < -0.39 is 143 Å². The van der Waals surface area contributed by atoms with Gasteiger partial charge in [0.05, 0.1) is 0 Å². The van der Waals surface area contributed by atoms with E-state index in [0.29, 0.717) is 83.6 Å². The van der Waals surface area contributed by atoms with Crippen LogP contribution >= 0.6 is 0 Å². The van der Waals surface area contributed by atoms with Gasteiger partial charge in [0.15, 0.2) is 18.3 Å². The molecule has 0 rings (SSSR count). The molecule has 127 heavy (non-hydrogen) atoms.